The van der Waals surface area contributed by atoms with Gasteiger partial charge in [-0.1, -0.05) is 182 Å². The number of ether oxygens (including phenoxy) is 1. The predicted octanol–water partition coefficient (Wildman–Crippen LogP) is 13.3. The van der Waals surface area contributed by atoms with Crippen LogP contribution in [0.1, 0.15) is 22.3 Å². The topological polar surface area (TPSA) is 47.9 Å². The summed E-state index contributed by atoms with van der Waals surface area (Å²) in [6, 6.07) is 70.7. The largest absolute Gasteiger partial charge is 0.457 e. The molecule has 0 saturated carbocycles. The highest BCUT2D eigenvalue weighted by Gasteiger charge is 2.51. The maximum Gasteiger partial charge on any atom is 0.164 e. The average Bonchev–Trinajstić information content (AvgIpc) is 3.59. The Morgan fingerprint density at radius 3 is 1.52 bits per heavy atom. The molecule has 12 rings (SSSR count). The Hall–Kier alpha value is -7.69. The number of aromatic nitrogens is 3. The first-order chi connectivity index (χ1) is 28.8. The molecule has 0 bridgehead atoms. The lowest BCUT2D eigenvalue weighted by molar-refractivity contribution is 0.436. The summed E-state index contributed by atoms with van der Waals surface area (Å²) in [6.45, 7) is 0. The van der Waals surface area contributed by atoms with Gasteiger partial charge in [0.15, 0.2) is 17.5 Å². The number of para-hydroxylation sites is 2. The quantitative estimate of drug-likeness (QED) is 0.180. The molecular weight excluding hydrogens is 707 g/mol. The van der Waals surface area contributed by atoms with Crippen molar-refractivity contribution in [3.63, 3.8) is 0 Å². The summed E-state index contributed by atoms with van der Waals surface area (Å²) in [6.07, 6.45) is 0. The van der Waals surface area contributed by atoms with Crippen LogP contribution in [0.3, 0.4) is 0 Å². The predicted molar refractivity (Wildman–Crippen MR) is 234 cm³/mol. The molecule has 0 unspecified atom stereocenters. The smallest absolute Gasteiger partial charge is 0.164 e. The second-order valence-electron chi connectivity index (χ2n) is 15.0. The SMILES string of the molecule is c1ccc(-c2ccc(-c3nc(-c4cccc5c4-c4ccccc4C54c5ccccc5Oc5ccccc54)nc(-c4cccc5ccccc45)n3)c3ccccc23)cc1. The Kier molecular flexibility index (Phi) is 7.11. The van der Waals surface area contributed by atoms with Crippen molar-refractivity contribution in [2.24, 2.45) is 0 Å². The first-order valence-corrected chi connectivity index (χ1v) is 19.7. The molecular formula is C54H33N3O. The average molecular weight is 740 g/mol. The van der Waals surface area contributed by atoms with E-state index in [9.17, 15) is 0 Å². The summed E-state index contributed by atoms with van der Waals surface area (Å²) in [5.41, 5.74) is 11.5. The standard InChI is InChI=1S/C54H33N3O/c1-2-16-34(17-3-1)37-32-33-41(39-22-7-6-21-38(37)39)52-55-51(40-24-14-19-35-18-4-5-20-36(35)40)56-53(57-52)43-25-15-29-47-50(43)42-23-8-9-26-44(42)54(47)45-27-10-12-30-48(45)58-49-31-13-11-28-46(49)54/h1-33H. The Morgan fingerprint density at radius 2 is 0.776 bits per heavy atom. The lowest BCUT2D eigenvalue weighted by atomic mass is 9.66. The van der Waals surface area contributed by atoms with E-state index >= 15 is 0 Å². The van der Waals surface area contributed by atoms with E-state index in [1.807, 2.05) is 0 Å². The normalized spacial score (nSPS) is 13.1. The van der Waals surface area contributed by atoms with Gasteiger partial charge in [0.05, 0.1) is 5.41 Å². The van der Waals surface area contributed by atoms with E-state index in [-0.39, 0.29) is 0 Å². The minimum Gasteiger partial charge on any atom is -0.457 e. The van der Waals surface area contributed by atoms with Crippen LogP contribution in [0.4, 0.5) is 0 Å². The Labute approximate surface area is 335 Å². The third kappa shape index (κ3) is 4.66. The Balaban J connectivity index is 1.16. The van der Waals surface area contributed by atoms with Crippen molar-refractivity contribution in [3.8, 4) is 67.9 Å². The van der Waals surface area contributed by atoms with E-state index < -0.39 is 5.41 Å². The fourth-order valence-electron chi connectivity index (χ4n) is 9.61. The third-order valence-corrected chi connectivity index (χ3v) is 12.0. The van der Waals surface area contributed by atoms with Crippen LogP contribution in [0.25, 0.3) is 78.0 Å². The minimum absolute atomic E-state index is 0.606. The van der Waals surface area contributed by atoms with Crippen LogP contribution in [0.2, 0.25) is 0 Å². The summed E-state index contributed by atoms with van der Waals surface area (Å²) in [5.74, 6) is 3.61. The molecule has 4 heteroatoms. The second kappa shape index (κ2) is 12.7. The molecule has 1 aliphatic heterocycles. The molecule has 1 aromatic heterocycles. The molecule has 2 heterocycles. The van der Waals surface area contributed by atoms with Gasteiger partial charge in [-0.15, -0.1) is 0 Å². The molecule has 1 aliphatic carbocycles. The highest BCUT2D eigenvalue weighted by Crippen LogP contribution is 2.63. The molecule has 0 N–H and O–H groups in total. The van der Waals surface area contributed by atoms with E-state index in [1.54, 1.807) is 0 Å². The van der Waals surface area contributed by atoms with Gasteiger partial charge in [0.2, 0.25) is 0 Å². The van der Waals surface area contributed by atoms with Gasteiger partial charge in [-0.25, -0.2) is 15.0 Å². The van der Waals surface area contributed by atoms with Gasteiger partial charge in [-0.2, -0.15) is 0 Å². The number of rotatable bonds is 4. The number of nitrogens with zero attached hydrogens (tertiary/aromatic N) is 3. The van der Waals surface area contributed by atoms with E-state index in [1.165, 1.54) is 22.3 Å². The van der Waals surface area contributed by atoms with Crippen LogP contribution in [0.15, 0.2) is 200 Å². The van der Waals surface area contributed by atoms with Crippen molar-refractivity contribution >= 4 is 21.5 Å². The zero-order chi connectivity index (χ0) is 38.2. The van der Waals surface area contributed by atoms with E-state index in [0.29, 0.717) is 17.5 Å². The molecule has 2 aliphatic rings. The lowest BCUT2D eigenvalue weighted by Gasteiger charge is -2.39. The van der Waals surface area contributed by atoms with Crippen LogP contribution >= 0.6 is 0 Å². The summed E-state index contributed by atoms with van der Waals surface area (Å²) in [4.78, 5) is 16.2. The fraction of sp³-hybridized carbons (Fsp3) is 0.0185. The van der Waals surface area contributed by atoms with Crippen molar-refractivity contribution in [1.82, 2.24) is 15.0 Å². The van der Waals surface area contributed by atoms with E-state index in [0.717, 1.165) is 72.0 Å². The van der Waals surface area contributed by atoms with Gasteiger partial charge in [-0.05, 0) is 73.1 Å². The van der Waals surface area contributed by atoms with E-state index in [2.05, 4.69) is 200 Å². The first kappa shape index (κ1) is 32.5. The summed E-state index contributed by atoms with van der Waals surface area (Å²) < 4.78 is 6.61. The zero-order valence-electron chi connectivity index (χ0n) is 31.3. The summed E-state index contributed by atoms with van der Waals surface area (Å²) >= 11 is 0. The molecule has 9 aromatic carbocycles. The van der Waals surface area contributed by atoms with Crippen molar-refractivity contribution < 1.29 is 4.74 Å². The first-order valence-electron chi connectivity index (χ1n) is 19.7. The minimum atomic E-state index is -0.606. The van der Waals surface area contributed by atoms with Crippen LogP contribution in [0.5, 0.6) is 11.5 Å². The van der Waals surface area contributed by atoms with Gasteiger partial charge in [0.25, 0.3) is 0 Å². The van der Waals surface area contributed by atoms with Gasteiger partial charge < -0.3 is 4.74 Å². The third-order valence-electron chi connectivity index (χ3n) is 12.0. The van der Waals surface area contributed by atoms with Crippen molar-refractivity contribution in [2.75, 3.05) is 0 Å². The van der Waals surface area contributed by atoms with Crippen molar-refractivity contribution in [2.45, 2.75) is 5.41 Å². The Morgan fingerprint density at radius 1 is 0.310 bits per heavy atom. The number of hydrogen-bond donors (Lipinski definition) is 0. The van der Waals surface area contributed by atoms with Crippen molar-refractivity contribution in [3.05, 3.63) is 222 Å². The maximum atomic E-state index is 6.61. The van der Waals surface area contributed by atoms with Gasteiger partial charge in [0.1, 0.15) is 11.5 Å². The fourth-order valence-corrected chi connectivity index (χ4v) is 9.61. The highest BCUT2D eigenvalue weighted by molar-refractivity contribution is 6.05. The van der Waals surface area contributed by atoms with Gasteiger partial charge >= 0.3 is 0 Å². The number of benzene rings is 9. The molecule has 4 nitrogen and oxygen atoms in total. The lowest BCUT2D eigenvalue weighted by Crippen LogP contribution is -2.32. The van der Waals surface area contributed by atoms with E-state index in [4.69, 9.17) is 19.7 Å². The van der Waals surface area contributed by atoms with Crippen LogP contribution < -0.4 is 4.74 Å². The molecule has 0 fully saturated rings. The molecule has 58 heavy (non-hydrogen) atoms. The summed E-state index contributed by atoms with van der Waals surface area (Å²) in [7, 11) is 0. The monoisotopic (exact) mass is 739 g/mol. The molecule has 0 radical (unpaired) electrons. The number of hydrogen-bond acceptors (Lipinski definition) is 4. The molecule has 0 atom stereocenters. The maximum absolute atomic E-state index is 6.61. The highest BCUT2D eigenvalue weighted by atomic mass is 16.5. The second-order valence-corrected chi connectivity index (χ2v) is 15.0. The molecule has 10 aromatic rings. The van der Waals surface area contributed by atoms with Gasteiger partial charge in [0, 0.05) is 27.8 Å². The zero-order valence-corrected chi connectivity index (χ0v) is 31.3. The van der Waals surface area contributed by atoms with Gasteiger partial charge in [-0.3, -0.25) is 0 Å². The number of fused-ring (bicyclic) bond motifs is 11. The van der Waals surface area contributed by atoms with Crippen LogP contribution in [-0.4, -0.2) is 15.0 Å². The molecule has 1 spiro atoms. The Bertz CT molecular complexity index is 3230. The van der Waals surface area contributed by atoms with Crippen LogP contribution in [0, 0.1) is 0 Å². The molecule has 0 amide bonds. The summed E-state index contributed by atoms with van der Waals surface area (Å²) in [5, 5.41) is 4.46. The molecule has 270 valence electrons. The molecule has 0 saturated heterocycles. The van der Waals surface area contributed by atoms with Crippen LogP contribution in [-0.2, 0) is 5.41 Å². The van der Waals surface area contributed by atoms with Crippen molar-refractivity contribution in [1.29, 1.82) is 0 Å².